The number of carbonyl (C=O) groups is 1. The molecule has 0 saturated carbocycles. The Hall–Kier alpha value is -1.96. The van der Waals surface area contributed by atoms with E-state index in [1.165, 1.54) is 0 Å². The fraction of sp³-hybridized carbons (Fsp3) is 0.417. The molecule has 0 bridgehead atoms. The van der Waals surface area contributed by atoms with E-state index in [-0.39, 0.29) is 9.49 Å². The van der Waals surface area contributed by atoms with Crippen molar-refractivity contribution < 1.29 is 13.2 Å². The molecule has 0 aliphatic heterocycles. The van der Waals surface area contributed by atoms with Crippen molar-refractivity contribution in [2.24, 2.45) is 9.54 Å². The summed E-state index contributed by atoms with van der Waals surface area (Å²) in [5, 5.41) is 5.04. The summed E-state index contributed by atoms with van der Waals surface area (Å²) in [7, 11) is -2.36. The zero-order chi connectivity index (χ0) is 24.2. The van der Waals surface area contributed by atoms with Gasteiger partial charge in [-0.2, -0.15) is 4.40 Å². The summed E-state index contributed by atoms with van der Waals surface area (Å²) in [6, 6.07) is 15.4. The first-order chi connectivity index (χ1) is 14.2. The Bertz CT molecular complexity index is 912. The smallest absolute Gasteiger partial charge is 0.150 e. The highest BCUT2D eigenvalue weighted by Gasteiger charge is 2.18. The number of aldehydes is 1. The molecule has 0 aliphatic rings. The number of hydrogen-bond acceptors (Lipinski definition) is 3. The van der Waals surface area contributed by atoms with Gasteiger partial charge in [-0.3, -0.25) is 9.93 Å². The van der Waals surface area contributed by atoms with Gasteiger partial charge < -0.3 is 0 Å². The Morgan fingerprint density at radius 2 is 1.16 bits per heavy atom. The highest BCUT2D eigenvalue weighted by atomic mass is 32.2. The van der Waals surface area contributed by atoms with E-state index >= 15 is 0 Å². The van der Waals surface area contributed by atoms with Gasteiger partial charge in [-0.15, -0.1) is 0 Å². The van der Waals surface area contributed by atoms with Gasteiger partial charge in [0, 0.05) is 11.8 Å². The predicted molar refractivity (Wildman–Crippen MR) is 135 cm³/mol. The van der Waals surface area contributed by atoms with Crippen molar-refractivity contribution in [1.82, 2.24) is 0 Å². The van der Waals surface area contributed by atoms with Crippen LogP contribution in [0.3, 0.4) is 0 Å². The van der Waals surface area contributed by atoms with Crippen LogP contribution in [0.4, 0.5) is 0 Å². The predicted octanol–water partition coefficient (Wildman–Crippen LogP) is 5.09. The standard InChI is InChI=1S/C12H17NOS.C8H8O.C4H11NOS/c1-10-7-5-6-8-11(10)9-13-15(14)12(2,3)4;1-7-4-2-3-5-8(7)6-9;1-4(2,3)7(5)6/h5-9H,1-4H3;2-6H,1H3;5H2,1-3H3/t15-;;7-/m1.1/s1. The summed E-state index contributed by atoms with van der Waals surface area (Å²) in [5.41, 5.74) is 3.98. The maximum Gasteiger partial charge on any atom is 0.150 e. The molecule has 5 nitrogen and oxygen atoms in total. The number of nitrogens with two attached hydrogens (primary N) is 1. The second-order valence-corrected chi connectivity index (χ2v) is 12.6. The third-order valence-electron chi connectivity index (χ3n) is 3.92. The van der Waals surface area contributed by atoms with Crippen LogP contribution in [0.1, 0.15) is 68.6 Å². The summed E-state index contributed by atoms with van der Waals surface area (Å²) < 4.78 is 25.5. The normalized spacial score (nSPS) is 13.3. The number of benzene rings is 2. The quantitative estimate of drug-likeness (QED) is 0.507. The molecule has 0 fully saturated rings. The van der Waals surface area contributed by atoms with Crippen LogP contribution in [-0.4, -0.2) is 30.4 Å². The third kappa shape index (κ3) is 12.5. The summed E-state index contributed by atoms with van der Waals surface area (Å²) in [6.07, 6.45) is 2.56. The summed E-state index contributed by atoms with van der Waals surface area (Å²) >= 11 is 0. The van der Waals surface area contributed by atoms with Crippen molar-refractivity contribution in [2.75, 3.05) is 0 Å². The van der Waals surface area contributed by atoms with Crippen LogP contribution < -0.4 is 5.14 Å². The van der Waals surface area contributed by atoms with Gasteiger partial charge in [0.05, 0.1) is 20.5 Å². The highest BCUT2D eigenvalue weighted by Crippen LogP contribution is 2.13. The van der Waals surface area contributed by atoms with Gasteiger partial charge in [-0.05, 0) is 72.1 Å². The lowest BCUT2D eigenvalue weighted by molar-refractivity contribution is 0.112. The Morgan fingerprint density at radius 1 is 0.774 bits per heavy atom. The maximum atomic E-state index is 11.7. The van der Waals surface area contributed by atoms with E-state index in [0.29, 0.717) is 0 Å². The molecule has 172 valence electrons. The molecule has 0 aliphatic carbocycles. The fourth-order valence-corrected chi connectivity index (χ4v) is 2.24. The first-order valence-electron chi connectivity index (χ1n) is 9.89. The molecule has 7 heteroatoms. The van der Waals surface area contributed by atoms with E-state index in [1.54, 1.807) is 6.21 Å². The maximum absolute atomic E-state index is 11.7. The van der Waals surface area contributed by atoms with Crippen LogP contribution >= 0.6 is 0 Å². The van der Waals surface area contributed by atoms with Gasteiger partial charge >= 0.3 is 0 Å². The molecule has 2 aromatic rings. The minimum atomic E-state index is -1.18. The number of hydrogen-bond donors (Lipinski definition) is 1. The average Bonchev–Trinajstić information content (AvgIpc) is 2.67. The molecular formula is C24H36N2O3S2. The zero-order valence-electron chi connectivity index (χ0n) is 19.8. The number of aryl methyl sites for hydroxylation is 2. The molecule has 31 heavy (non-hydrogen) atoms. The van der Waals surface area contributed by atoms with Gasteiger partial charge in [-0.25, -0.2) is 8.42 Å². The Kier molecular flexibility index (Phi) is 12.6. The van der Waals surface area contributed by atoms with E-state index < -0.39 is 22.0 Å². The molecule has 2 atom stereocenters. The molecule has 2 N–H and O–H groups in total. The fourth-order valence-electron chi connectivity index (χ4n) is 1.71. The van der Waals surface area contributed by atoms with Crippen molar-refractivity contribution in [1.29, 1.82) is 0 Å². The van der Waals surface area contributed by atoms with Crippen LogP contribution in [-0.2, 0) is 22.0 Å². The topological polar surface area (TPSA) is 89.6 Å². The minimum absolute atomic E-state index is 0.250. The van der Waals surface area contributed by atoms with E-state index in [4.69, 9.17) is 5.14 Å². The SMILES string of the molecule is CC(C)(C)[S@](N)=O.Cc1ccccc1C=N[S@](=O)C(C)(C)C.Cc1ccccc1C=O. The Morgan fingerprint density at radius 3 is 1.45 bits per heavy atom. The summed E-state index contributed by atoms with van der Waals surface area (Å²) in [5.74, 6) is 0. The Balaban J connectivity index is 0.000000479. The van der Waals surface area contributed by atoms with Crippen LogP contribution in [0.2, 0.25) is 0 Å². The minimum Gasteiger partial charge on any atom is -0.298 e. The van der Waals surface area contributed by atoms with E-state index in [9.17, 15) is 13.2 Å². The first-order valence-corrected chi connectivity index (χ1v) is 12.2. The van der Waals surface area contributed by atoms with Crippen LogP contribution in [0.25, 0.3) is 0 Å². The third-order valence-corrected chi connectivity index (χ3v) is 6.47. The monoisotopic (exact) mass is 464 g/mol. The van der Waals surface area contributed by atoms with Crippen molar-refractivity contribution in [2.45, 2.75) is 64.9 Å². The van der Waals surface area contributed by atoms with Crippen molar-refractivity contribution in [3.8, 4) is 0 Å². The van der Waals surface area contributed by atoms with Gasteiger partial charge in [0.2, 0.25) is 0 Å². The zero-order valence-corrected chi connectivity index (χ0v) is 21.5. The number of carbonyl (C=O) groups excluding carboxylic acids is 1. The second kappa shape index (κ2) is 13.5. The average molecular weight is 465 g/mol. The van der Waals surface area contributed by atoms with E-state index in [2.05, 4.69) is 4.40 Å². The Labute approximate surface area is 192 Å². The van der Waals surface area contributed by atoms with E-state index in [1.807, 2.05) is 104 Å². The molecule has 2 rings (SSSR count). The summed E-state index contributed by atoms with van der Waals surface area (Å²) in [6.45, 7) is 15.2. The van der Waals surface area contributed by atoms with Gasteiger partial charge in [0.15, 0.2) is 0 Å². The van der Waals surface area contributed by atoms with Crippen molar-refractivity contribution in [3.05, 3.63) is 70.8 Å². The molecule has 0 saturated heterocycles. The van der Waals surface area contributed by atoms with Crippen molar-refractivity contribution in [3.63, 3.8) is 0 Å². The van der Waals surface area contributed by atoms with Crippen molar-refractivity contribution >= 4 is 34.5 Å². The molecule has 0 radical (unpaired) electrons. The molecule has 2 aromatic carbocycles. The van der Waals surface area contributed by atoms with Gasteiger partial charge in [0.1, 0.15) is 17.3 Å². The number of nitrogens with zero attached hydrogens (tertiary/aromatic N) is 1. The molecule has 0 aromatic heterocycles. The van der Waals surface area contributed by atoms with Crippen LogP contribution in [0.15, 0.2) is 52.9 Å². The molecule has 0 unspecified atom stereocenters. The molecule has 0 heterocycles. The lowest BCUT2D eigenvalue weighted by atomic mass is 10.1. The lowest BCUT2D eigenvalue weighted by Crippen LogP contribution is -2.27. The summed E-state index contributed by atoms with van der Waals surface area (Å²) in [4.78, 5) is 10.2. The largest absolute Gasteiger partial charge is 0.298 e. The molecular weight excluding hydrogens is 428 g/mol. The molecule has 0 amide bonds. The second-order valence-electron chi connectivity index (χ2n) is 8.84. The van der Waals surface area contributed by atoms with Crippen LogP contribution in [0, 0.1) is 13.8 Å². The first kappa shape index (κ1) is 29.0. The van der Waals surface area contributed by atoms with E-state index in [0.717, 1.165) is 28.5 Å². The van der Waals surface area contributed by atoms with Gasteiger partial charge in [-0.1, -0.05) is 48.5 Å². The van der Waals surface area contributed by atoms with Gasteiger partial charge in [0.25, 0.3) is 0 Å². The van der Waals surface area contributed by atoms with Crippen LogP contribution in [0.5, 0.6) is 0 Å². The number of rotatable bonds is 3. The highest BCUT2D eigenvalue weighted by molar-refractivity contribution is 7.85. The molecule has 0 spiro atoms. The lowest BCUT2D eigenvalue weighted by Gasteiger charge is -2.12.